The molecule has 1 aromatic heterocycles. The number of anilines is 1. The van der Waals surface area contributed by atoms with Crippen molar-refractivity contribution in [2.45, 2.75) is 0 Å². The third-order valence-electron chi connectivity index (χ3n) is 3.04. The number of aromatic nitrogens is 2. The van der Waals surface area contributed by atoms with E-state index in [0.717, 1.165) is 0 Å². The molecular weight excluding hydrogens is 318 g/mol. The summed E-state index contributed by atoms with van der Waals surface area (Å²) in [6.07, 6.45) is 1.34. The molecule has 0 bridgehead atoms. The first kappa shape index (κ1) is 14.9. The van der Waals surface area contributed by atoms with E-state index >= 15 is 0 Å². The predicted molar refractivity (Wildman–Crippen MR) is 88.9 cm³/mol. The second-order valence-corrected chi connectivity index (χ2v) is 4.90. The molecule has 0 spiro atoms. The van der Waals surface area contributed by atoms with Crippen molar-refractivity contribution in [2.24, 2.45) is 5.10 Å². The van der Waals surface area contributed by atoms with Crippen LogP contribution in [0.15, 0.2) is 53.6 Å². The Labute approximate surface area is 135 Å². The van der Waals surface area contributed by atoms with Crippen molar-refractivity contribution in [3.8, 4) is 0 Å². The van der Waals surface area contributed by atoms with E-state index in [1.54, 1.807) is 30.3 Å². The van der Waals surface area contributed by atoms with E-state index in [2.05, 4.69) is 20.5 Å². The molecule has 2 aromatic carbocycles. The Morgan fingerprint density at radius 1 is 1.09 bits per heavy atom. The molecule has 0 saturated heterocycles. The van der Waals surface area contributed by atoms with E-state index < -0.39 is 4.92 Å². The van der Waals surface area contributed by atoms with Gasteiger partial charge in [0.05, 0.1) is 27.7 Å². The van der Waals surface area contributed by atoms with Gasteiger partial charge in [0.2, 0.25) is 0 Å². The molecule has 1 N–H and O–H groups in total. The summed E-state index contributed by atoms with van der Waals surface area (Å²) in [7, 11) is 0. The molecule has 114 valence electrons. The van der Waals surface area contributed by atoms with Gasteiger partial charge in [0, 0.05) is 6.07 Å². The molecule has 3 aromatic rings. The van der Waals surface area contributed by atoms with Crippen LogP contribution >= 0.6 is 11.6 Å². The summed E-state index contributed by atoms with van der Waals surface area (Å²) in [6.45, 7) is 0. The molecule has 0 aliphatic carbocycles. The third kappa shape index (κ3) is 3.24. The zero-order chi connectivity index (χ0) is 16.2. The number of hydrogen-bond donors (Lipinski definition) is 1. The van der Waals surface area contributed by atoms with Crippen molar-refractivity contribution in [1.82, 2.24) is 9.97 Å². The topological polar surface area (TPSA) is 93.3 Å². The second kappa shape index (κ2) is 6.37. The number of fused-ring (bicyclic) bond motifs is 1. The molecule has 1 heterocycles. The minimum Gasteiger partial charge on any atom is -0.259 e. The quantitative estimate of drug-likeness (QED) is 0.448. The van der Waals surface area contributed by atoms with Crippen LogP contribution in [-0.4, -0.2) is 21.1 Å². The predicted octanol–water partition coefficient (Wildman–Crippen LogP) is 3.64. The van der Waals surface area contributed by atoms with Gasteiger partial charge >= 0.3 is 0 Å². The number of hydrogen-bond acceptors (Lipinski definition) is 6. The van der Waals surface area contributed by atoms with E-state index in [9.17, 15) is 10.1 Å². The van der Waals surface area contributed by atoms with Crippen LogP contribution in [0.25, 0.3) is 11.0 Å². The lowest BCUT2D eigenvalue weighted by Gasteiger charge is -2.04. The Morgan fingerprint density at radius 2 is 1.74 bits per heavy atom. The molecule has 0 amide bonds. The van der Waals surface area contributed by atoms with Gasteiger partial charge in [-0.25, -0.2) is 9.97 Å². The monoisotopic (exact) mass is 327 g/mol. The maximum absolute atomic E-state index is 10.9. The highest BCUT2D eigenvalue weighted by Gasteiger charge is 2.10. The van der Waals surface area contributed by atoms with Gasteiger partial charge in [-0.1, -0.05) is 35.9 Å². The number of benzene rings is 2. The smallest absolute Gasteiger partial charge is 0.259 e. The van der Waals surface area contributed by atoms with Crippen LogP contribution in [0.2, 0.25) is 5.15 Å². The van der Waals surface area contributed by atoms with Gasteiger partial charge in [-0.3, -0.25) is 15.5 Å². The molecule has 3 rings (SSSR count). The minimum absolute atomic E-state index is 0.0336. The lowest BCUT2D eigenvalue weighted by Crippen LogP contribution is -1.99. The number of nitrogens with zero attached hydrogens (tertiary/aromatic N) is 4. The Morgan fingerprint density at radius 3 is 2.48 bits per heavy atom. The molecule has 0 unspecified atom stereocenters. The van der Waals surface area contributed by atoms with Gasteiger partial charge < -0.3 is 0 Å². The highest BCUT2D eigenvalue weighted by Crippen LogP contribution is 2.21. The van der Waals surface area contributed by atoms with Gasteiger partial charge in [0.25, 0.3) is 5.69 Å². The SMILES string of the molecule is O=[N+]([O-])c1ccccc1C=NNc1nc2ccccc2nc1Cl. The van der Waals surface area contributed by atoms with E-state index in [-0.39, 0.29) is 16.7 Å². The molecule has 0 aliphatic heterocycles. The molecule has 0 atom stereocenters. The van der Waals surface area contributed by atoms with Crippen molar-refractivity contribution < 1.29 is 4.92 Å². The van der Waals surface area contributed by atoms with E-state index in [4.69, 9.17) is 11.6 Å². The zero-order valence-electron chi connectivity index (χ0n) is 11.7. The summed E-state index contributed by atoms with van der Waals surface area (Å²) in [5.41, 5.74) is 4.34. The summed E-state index contributed by atoms with van der Waals surface area (Å²) < 4.78 is 0. The number of nitrogens with one attached hydrogen (secondary N) is 1. The maximum atomic E-state index is 10.9. The van der Waals surface area contributed by atoms with E-state index in [1.165, 1.54) is 12.3 Å². The highest BCUT2D eigenvalue weighted by molar-refractivity contribution is 6.32. The minimum atomic E-state index is -0.468. The molecule has 0 saturated carbocycles. The van der Waals surface area contributed by atoms with Crippen molar-refractivity contribution >= 4 is 40.4 Å². The Hall–Kier alpha value is -3.06. The zero-order valence-corrected chi connectivity index (χ0v) is 12.4. The first-order valence-electron chi connectivity index (χ1n) is 6.60. The van der Waals surface area contributed by atoms with Gasteiger partial charge in [-0.2, -0.15) is 5.10 Å². The molecule has 0 fully saturated rings. The first-order valence-corrected chi connectivity index (χ1v) is 6.98. The highest BCUT2D eigenvalue weighted by atomic mass is 35.5. The average molecular weight is 328 g/mol. The van der Waals surface area contributed by atoms with Crippen LogP contribution in [0.3, 0.4) is 0 Å². The average Bonchev–Trinajstić information content (AvgIpc) is 2.55. The van der Waals surface area contributed by atoms with Crippen molar-refractivity contribution in [3.05, 3.63) is 69.4 Å². The Kier molecular flexibility index (Phi) is 4.11. The maximum Gasteiger partial charge on any atom is 0.278 e. The Bertz CT molecular complexity index is 913. The number of hydrazone groups is 1. The summed E-state index contributed by atoms with van der Waals surface area (Å²) >= 11 is 6.05. The lowest BCUT2D eigenvalue weighted by molar-refractivity contribution is -0.385. The molecule has 0 aliphatic rings. The summed E-state index contributed by atoms with van der Waals surface area (Å²) in [6, 6.07) is 13.6. The second-order valence-electron chi connectivity index (χ2n) is 4.54. The fourth-order valence-corrected chi connectivity index (χ4v) is 2.15. The van der Waals surface area contributed by atoms with Crippen molar-refractivity contribution in [3.63, 3.8) is 0 Å². The number of halogens is 1. The summed E-state index contributed by atoms with van der Waals surface area (Å²) in [5.74, 6) is 0.278. The van der Waals surface area contributed by atoms with Crippen molar-refractivity contribution in [1.29, 1.82) is 0 Å². The largest absolute Gasteiger partial charge is 0.278 e. The molecular formula is C15H10ClN5O2. The van der Waals surface area contributed by atoms with Gasteiger partial charge in [-0.15, -0.1) is 0 Å². The number of rotatable bonds is 4. The lowest BCUT2D eigenvalue weighted by atomic mass is 10.2. The van der Waals surface area contributed by atoms with Crippen LogP contribution in [0.5, 0.6) is 0 Å². The Balaban J connectivity index is 1.86. The summed E-state index contributed by atoms with van der Waals surface area (Å²) in [4.78, 5) is 19.0. The van der Waals surface area contributed by atoms with Crippen LogP contribution in [-0.2, 0) is 0 Å². The fraction of sp³-hybridized carbons (Fsp3) is 0. The third-order valence-corrected chi connectivity index (χ3v) is 3.30. The molecule has 7 nitrogen and oxygen atoms in total. The number of para-hydroxylation sites is 3. The standard InChI is InChI=1S/C15H10ClN5O2/c16-14-15(19-12-7-3-2-6-11(12)18-14)20-17-9-10-5-1-4-8-13(10)21(22)23/h1-9H,(H,19,20). The van der Waals surface area contributed by atoms with Gasteiger partial charge in [-0.05, 0) is 18.2 Å². The van der Waals surface area contributed by atoms with Crippen LogP contribution in [0.1, 0.15) is 5.56 Å². The normalized spacial score (nSPS) is 11.0. The fourth-order valence-electron chi connectivity index (χ4n) is 1.98. The number of nitro groups is 1. The number of nitro benzene ring substituents is 1. The van der Waals surface area contributed by atoms with Crippen LogP contribution in [0, 0.1) is 10.1 Å². The molecule has 23 heavy (non-hydrogen) atoms. The van der Waals surface area contributed by atoms with E-state index in [0.29, 0.717) is 16.6 Å². The summed E-state index contributed by atoms with van der Waals surface area (Å²) in [5, 5.41) is 15.1. The van der Waals surface area contributed by atoms with Gasteiger partial charge in [0.1, 0.15) is 0 Å². The first-order chi connectivity index (χ1) is 11.1. The van der Waals surface area contributed by atoms with E-state index in [1.807, 2.05) is 12.1 Å². The molecule has 0 radical (unpaired) electrons. The van der Waals surface area contributed by atoms with Crippen molar-refractivity contribution in [2.75, 3.05) is 5.43 Å². The van der Waals surface area contributed by atoms with Crippen LogP contribution in [0.4, 0.5) is 11.5 Å². The van der Waals surface area contributed by atoms with Crippen LogP contribution < -0.4 is 5.43 Å². The van der Waals surface area contributed by atoms with Gasteiger partial charge in [0.15, 0.2) is 11.0 Å². The molecule has 8 heteroatoms.